The van der Waals surface area contributed by atoms with Crippen molar-refractivity contribution < 1.29 is 0 Å². The molecular weight excluding hydrogens is 136 g/mol. The third-order valence-corrected chi connectivity index (χ3v) is 1.72. The lowest BCUT2D eigenvalue weighted by molar-refractivity contribution is 0.803. The summed E-state index contributed by atoms with van der Waals surface area (Å²) in [5.74, 6) is 0.341. The third kappa shape index (κ3) is 1.45. The van der Waals surface area contributed by atoms with Gasteiger partial charge in [-0.1, -0.05) is 26.0 Å². The molecule has 0 radical (unpaired) electrons. The molecule has 1 aliphatic carbocycles. The Balaban J connectivity index is 2.96. The number of hydrogen-bond donors (Lipinski definition) is 2. The van der Waals surface area contributed by atoms with Crippen molar-refractivity contribution in [1.82, 2.24) is 0 Å². The van der Waals surface area contributed by atoms with Gasteiger partial charge in [-0.15, -0.1) is 0 Å². The fourth-order valence-corrected chi connectivity index (χ4v) is 1.05. The minimum Gasteiger partial charge on any atom is -0.299 e. The van der Waals surface area contributed by atoms with Crippen LogP contribution in [0.15, 0.2) is 23.8 Å². The maximum atomic E-state index is 7.54. The average molecular weight is 148 g/mol. The van der Waals surface area contributed by atoms with Crippen molar-refractivity contribution in [2.24, 2.45) is 5.92 Å². The molecule has 2 heteroatoms. The Labute approximate surface area is 66.6 Å². The SMILES string of the molecule is CC(C)C1=CC=CC(=N)C1=N. The maximum Gasteiger partial charge on any atom is 0.0823 e. The normalized spacial score (nSPS) is 17.5. The van der Waals surface area contributed by atoms with Gasteiger partial charge in [-0.3, -0.25) is 10.8 Å². The van der Waals surface area contributed by atoms with E-state index in [9.17, 15) is 0 Å². The van der Waals surface area contributed by atoms with Crippen LogP contribution in [-0.2, 0) is 0 Å². The van der Waals surface area contributed by atoms with Gasteiger partial charge in [-0.05, 0) is 17.6 Å². The number of allylic oxidation sites excluding steroid dienone is 4. The third-order valence-electron chi connectivity index (χ3n) is 1.72. The zero-order chi connectivity index (χ0) is 8.43. The summed E-state index contributed by atoms with van der Waals surface area (Å²) < 4.78 is 0. The highest BCUT2D eigenvalue weighted by molar-refractivity contribution is 6.50. The summed E-state index contributed by atoms with van der Waals surface area (Å²) in [6, 6.07) is 0. The van der Waals surface area contributed by atoms with E-state index in [1.54, 1.807) is 6.08 Å². The van der Waals surface area contributed by atoms with Gasteiger partial charge in [0.15, 0.2) is 0 Å². The first-order valence-corrected chi connectivity index (χ1v) is 3.69. The molecule has 1 rings (SSSR count). The quantitative estimate of drug-likeness (QED) is 0.535. The summed E-state index contributed by atoms with van der Waals surface area (Å²) in [6.45, 7) is 4.07. The molecule has 0 aromatic carbocycles. The van der Waals surface area contributed by atoms with E-state index >= 15 is 0 Å². The highest BCUT2D eigenvalue weighted by Gasteiger charge is 2.13. The van der Waals surface area contributed by atoms with Gasteiger partial charge in [0.05, 0.1) is 11.4 Å². The molecule has 58 valence electrons. The molecule has 0 aromatic rings. The highest BCUT2D eigenvalue weighted by atomic mass is 14.5. The fourth-order valence-electron chi connectivity index (χ4n) is 1.05. The lowest BCUT2D eigenvalue weighted by Gasteiger charge is -2.13. The van der Waals surface area contributed by atoms with Crippen LogP contribution in [-0.4, -0.2) is 11.4 Å². The topological polar surface area (TPSA) is 47.7 Å². The molecular formula is C9H12N2. The standard InChI is InChI=1S/C9H12N2/c1-6(2)7-4-3-5-8(10)9(7)11/h3-6,10-11H,1-2H3. The summed E-state index contributed by atoms with van der Waals surface area (Å²) in [7, 11) is 0. The molecule has 0 aromatic heterocycles. The lowest BCUT2D eigenvalue weighted by atomic mass is 9.92. The van der Waals surface area contributed by atoms with Gasteiger partial charge in [-0.2, -0.15) is 0 Å². The van der Waals surface area contributed by atoms with E-state index in [0.29, 0.717) is 17.3 Å². The van der Waals surface area contributed by atoms with Gasteiger partial charge in [0.25, 0.3) is 0 Å². The van der Waals surface area contributed by atoms with Gasteiger partial charge in [-0.25, -0.2) is 0 Å². The van der Waals surface area contributed by atoms with Crippen LogP contribution in [0.1, 0.15) is 13.8 Å². The van der Waals surface area contributed by atoms with Crippen LogP contribution >= 0.6 is 0 Å². The molecule has 2 nitrogen and oxygen atoms in total. The molecule has 0 amide bonds. The smallest absolute Gasteiger partial charge is 0.0823 e. The molecule has 1 aliphatic rings. The molecule has 0 heterocycles. The summed E-state index contributed by atoms with van der Waals surface area (Å²) in [6.07, 6.45) is 5.38. The van der Waals surface area contributed by atoms with Crippen molar-refractivity contribution in [2.45, 2.75) is 13.8 Å². The average Bonchev–Trinajstić information content (AvgIpc) is 1.94. The van der Waals surface area contributed by atoms with Crippen molar-refractivity contribution in [2.75, 3.05) is 0 Å². The van der Waals surface area contributed by atoms with Crippen molar-refractivity contribution in [3.05, 3.63) is 23.8 Å². The van der Waals surface area contributed by atoms with Gasteiger partial charge >= 0.3 is 0 Å². The van der Waals surface area contributed by atoms with Crippen LogP contribution in [0.2, 0.25) is 0 Å². The molecule has 2 N–H and O–H groups in total. The van der Waals surface area contributed by atoms with E-state index in [1.807, 2.05) is 26.0 Å². The van der Waals surface area contributed by atoms with Crippen molar-refractivity contribution in [1.29, 1.82) is 10.8 Å². The second kappa shape index (κ2) is 2.82. The molecule has 0 bridgehead atoms. The minimum atomic E-state index is 0.316. The Kier molecular flexibility index (Phi) is 2.03. The second-order valence-corrected chi connectivity index (χ2v) is 2.92. The van der Waals surface area contributed by atoms with Crippen LogP contribution in [0.25, 0.3) is 0 Å². The summed E-state index contributed by atoms with van der Waals surface area (Å²) in [5, 5.41) is 14.9. The molecule has 0 atom stereocenters. The van der Waals surface area contributed by atoms with Crippen LogP contribution in [0.5, 0.6) is 0 Å². The Bertz CT molecular complexity index is 257. The molecule has 0 fully saturated rings. The number of rotatable bonds is 1. The van der Waals surface area contributed by atoms with E-state index in [2.05, 4.69) is 0 Å². The largest absolute Gasteiger partial charge is 0.299 e. The van der Waals surface area contributed by atoms with Crippen molar-refractivity contribution in [3.8, 4) is 0 Å². The van der Waals surface area contributed by atoms with E-state index in [-0.39, 0.29) is 0 Å². The summed E-state index contributed by atoms with van der Waals surface area (Å²) >= 11 is 0. The lowest BCUT2D eigenvalue weighted by Crippen LogP contribution is -2.18. The summed E-state index contributed by atoms with van der Waals surface area (Å²) in [5.41, 5.74) is 1.64. The number of nitrogens with one attached hydrogen (secondary N) is 2. The van der Waals surface area contributed by atoms with Gasteiger partial charge in [0.2, 0.25) is 0 Å². The fraction of sp³-hybridized carbons (Fsp3) is 0.333. The Morgan fingerprint density at radius 2 is 1.91 bits per heavy atom. The molecule has 11 heavy (non-hydrogen) atoms. The maximum absolute atomic E-state index is 7.54. The highest BCUT2D eigenvalue weighted by Crippen LogP contribution is 2.14. The first-order valence-electron chi connectivity index (χ1n) is 3.69. The number of hydrogen-bond acceptors (Lipinski definition) is 2. The zero-order valence-corrected chi connectivity index (χ0v) is 6.81. The minimum absolute atomic E-state index is 0.316. The predicted octanol–water partition coefficient (Wildman–Crippen LogP) is 2.18. The monoisotopic (exact) mass is 148 g/mol. The van der Waals surface area contributed by atoms with Gasteiger partial charge < -0.3 is 0 Å². The van der Waals surface area contributed by atoms with E-state index in [4.69, 9.17) is 10.8 Å². The zero-order valence-electron chi connectivity index (χ0n) is 6.81. The second-order valence-electron chi connectivity index (χ2n) is 2.92. The molecule has 0 saturated heterocycles. The summed E-state index contributed by atoms with van der Waals surface area (Å²) in [4.78, 5) is 0. The van der Waals surface area contributed by atoms with Crippen LogP contribution < -0.4 is 0 Å². The molecule has 0 saturated carbocycles. The molecule has 0 spiro atoms. The van der Waals surface area contributed by atoms with Crippen LogP contribution in [0.4, 0.5) is 0 Å². The Morgan fingerprint density at radius 3 is 2.36 bits per heavy atom. The first kappa shape index (κ1) is 7.92. The van der Waals surface area contributed by atoms with Crippen molar-refractivity contribution in [3.63, 3.8) is 0 Å². The molecule has 0 aliphatic heterocycles. The van der Waals surface area contributed by atoms with Crippen molar-refractivity contribution >= 4 is 11.4 Å². The van der Waals surface area contributed by atoms with Gasteiger partial charge in [0, 0.05) is 0 Å². The Morgan fingerprint density at radius 1 is 1.27 bits per heavy atom. The van der Waals surface area contributed by atoms with E-state index in [1.165, 1.54) is 0 Å². The van der Waals surface area contributed by atoms with Gasteiger partial charge in [0.1, 0.15) is 0 Å². The van der Waals surface area contributed by atoms with Crippen LogP contribution in [0.3, 0.4) is 0 Å². The first-order chi connectivity index (χ1) is 5.13. The predicted molar refractivity (Wildman–Crippen MR) is 47.5 cm³/mol. The van der Waals surface area contributed by atoms with E-state index < -0.39 is 0 Å². The van der Waals surface area contributed by atoms with Crippen LogP contribution in [0, 0.1) is 16.7 Å². The van der Waals surface area contributed by atoms with E-state index in [0.717, 1.165) is 5.57 Å². The Hall–Kier alpha value is -1.18. The molecule has 0 unspecified atom stereocenters.